The third kappa shape index (κ3) is 31.8. The van der Waals surface area contributed by atoms with E-state index in [2.05, 4.69) is 234 Å². The highest BCUT2D eigenvalue weighted by Crippen LogP contribution is 2.41. The van der Waals surface area contributed by atoms with Crippen molar-refractivity contribution in [2.75, 3.05) is 281 Å². The Bertz CT molecular complexity index is 5080. The molecule has 25 nitrogen and oxygen atoms in total. The lowest BCUT2D eigenvalue weighted by molar-refractivity contribution is -0.140. The Morgan fingerprint density at radius 2 is 0.624 bits per heavy atom. The molecule has 6 aromatic carbocycles. The van der Waals surface area contributed by atoms with Crippen molar-refractivity contribution in [1.29, 1.82) is 0 Å². The number of carbonyl (C=O) groups is 1. The van der Waals surface area contributed by atoms with Gasteiger partial charge in [0, 0.05) is 111 Å². The fourth-order valence-electron chi connectivity index (χ4n) is 15.3. The van der Waals surface area contributed by atoms with E-state index in [1.807, 2.05) is 12.1 Å². The molecular weight excluding hydrogens is 1770 g/mol. The van der Waals surface area contributed by atoms with Gasteiger partial charge in [-0.25, -0.2) is 4.79 Å². The minimum atomic E-state index is -0.382. The summed E-state index contributed by atoms with van der Waals surface area (Å²) in [6.07, 6.45) is 8.50. The SMILES string of the molecule is C=C(C)C(=O)OCc1ccc(-c2ccc(/C=C/c3ccc(N4CCOc5cc(C)ccc5N5CCOCCOCCN(CCOCCOCC5)c5ccc(C)cc5OCC4)c(OCCOC)c3)s2)s1.COCCOc1cc(/C=C/c2ccc(-c3ccc(CO)s3)s2)ccc1N1CCOc2cc(C)ccc2N2CCOCCOCCN(CCOCCOCC2)c2ccc(C)cc2OCC1. The fraction of sp³-hybridized carbons (Fsp3) is 0.433. The topological polar surface area (TPSA) is 214 Å². The molecule has 2 saturated heterocycles. The molecule has 10 heterocycles. The van der Waals surface area contributed by atoms with E-state index in [-0.39, 0.29) is 19.2 Å². The van der Waals surface area contributed by atoms with Gasteiger partial charge in [-0.1, -0.05) is 55.1 Å². The molecule has 0 aliphatic carbocycles. The summed E-state index contributed by atoms with van der Waals surface area (Å²) >= 11 is 6.67. The van der Waals surface area contributed by atoms with E-state index >= 15 is 0 Å². The second-order valence-electron chi connectivity index (χ2n) is 32.4. The number of thiophene rings is 4. The standard InChI is InChI=1S/C54H67N3O10S2.C50H63N3O9S2/c1-40(2)54(58)67-39-45-12-17-53(69-45)52-16-11-44(68-52)10-8-43-9-15-48(51(38-43)66-35-30-59-5)57-22-28-64-49-36-41(3)6-13-46(49)55-18-24-60-31-33-62-26-20-56(21-27-63-34-32-61-25-19-55)47-14-7-42(4)37-50(47)65-29-23-57;1-38-4-11-43-46(34-38)60-26-20-53(45-13-7-40(36-48(45)62-33-28-55-3)6-8-41-9-14-49(63-41)50-15-10-42(37-54)64-50)21-27-61-47-35-39(2)5-12-44(47)52-18-24-58-31-29-56-22-16-51(43)17-23-57-30-32-59-25-19-52/h6-17,36-38H,1,18-35,39H2,2-5H3;4-15,34-36,54H,16-33,37H2,1-3H3/b10-8+;8-6+. The van der Waals surface area contributed by atoms with Gasteiger partial charge in [0.25, 0.3) is 0 Å². The number of aryl methyl sites for hydroxylation is 4. The Morgan fingerprint density at radius 1 is 0.338 bits per heavy atom. The van der Waals surface area contributed by atoms with Crippen molar-refractivity contribution in [1.82, 2.24) is 0 Å². The van der Waals surface area contributed by atoms with Gasteiger partial charge in [-0.3, -0.25) is 0 Å². The van der Waals surface area contributed by atoms with Crippen molar-refractivity contribution in [2.24, 2.45) is 0 Å². The van der Waals surface area contributed by atoms with Crippen molar-refractivity contribution in [3.05, 3.63) is 223 Å². The zero-order chi connectivity index (χ0) is 92.6. The molecule has 2 fully saturated rings. The van der Waals surface area contributed by atoms with Crippen molar-refractivity contribution in [2.45, 2.75) is 47.8 Å². The summed E-state index contributed by atoms with van der Waals surface area (Å²) in [5, 5.41) is 9.56. The molecule has 0 amide bonds. The molecule has 0 radical (unpaired) electrons. The van der Waals surface area contributed by atoms with Crippen molar-refractivity contribution >= 4 is 110 Å². The number of methoxy groups -OCH3 is 2. The lowest BCUT2D eigenvalue weighted by Crippen LogP contribution is -2.34. The zero-order valence-electron chi connectivity index (χ0n) is 78.0. The van der Waals surface area contributed by atoms with Gasteiger partial charge in [-0.15, -0.1) is 45.3 Å². The number of aliphatic hydroxyl groups excluding tert-OH is 1. The number of nitrogens with zero attached hydrogens (tertiary/aromatic N) is 6. The summed E-state index contributed by atoms with van der Waals surface area (Å²) in [6.45, 7) is 33.1. The second-order valence-corrected chi connectivity index (χ2v) is 36.9. The van der Waals surface area contributed by atoms with Gasteiger partial charge in [0.15, 0.2) is 0 Å². The first kappa shape index (κ1) is 100. The molecule has 0 spiro atoms. The Hall–Kier alpha value is -10.0. The van der Waals surface area contributed by atoms with Crippen LogP contribution in [0.3, 0.4) is 0 Å². The zero-order valence-corrected chi connectivity index (χ0v) is 81.3. The van der Waals surface area contributed by atoms with E-state index < -0.39 is 0 Å². The Kier molecular flexibility index (Phi) is 41.2. The van der Waals surface area contributed by atoms with Crippen LogP contribution in [0, 0.1) is 27.7 Å². The highest BCUT2D eigenvalue weighted by molar-refractivity contribution is 7.23. The van der Waals surface area contributed by atoms with Gasteiger partial charge in [0.1, 0.15) is 80.7 Å². The summed E-state index contributed by atoms with van der Waals surface area (Å²) in [5.41, 5.74) is 12.7. The number of rotatable bonds is 20. The minimum Gasteiger partial charge on any atom is -0.490 e. The average Bonchev–Trinajstić information content (AvgIpc) is 1.58. The van der Waals surface area contributed by atoms with Gasteiger partial charge >= 0.3 is 5.97 Å². The summed E-state index contributed by atoms with van der Waals surface area (Å²) in [5.74, 6) is 4.33. The van der Waals surface area contributed by atoms with E-state index in [0.717, 1.165) is 136 Å². The van der Waals surface area contributed by atoms with E-state index in [9.17, 15) is 9.90 Å². The van der Waals surface area contributed by atoms with Crippen molar-refractivity contribution < 1.29 is 90.4 Å². The molecule has 6 aliphatic heterocycles. The highest BCUT2D eigenvalue weighted by Gasteiger charge is 2.25. The van der Waals surface area contributed by atoms with E-state index in [1.54, 1.807) is 66.5 Å². The smallest absolute Gasteiger partial charge is 0.333 e. The molecule has 0 atom stereocenters. The molecule has 10 aromatic rings. The third-order valence-electron chi connectivity index (χ3n) is 22.4. The van der Waals surface area contributed by atoms with Gasteiger partial charge in [-0.2, -0.15) is 0 Å². The van der Waals surface area contributed by atoms with E-state index in [4.69, 9.17) is 80.5 Å². The van der Waals surface area contributed by atoms with Gasteiger partial charge < -0.3 is 115 Å². The predicted octanol–water partition coefficient (Wildman–Crippen LogP) is 18.0. The number of benzene rings is 6. The number of carbonyl (C=O) groups excluding carboxylic acids is 1. The quantitative estimate of drug-likeness (QED) is 0.0325. The number of anilines is 6. The number of fused-ring (bicyclic) bond motifs is 40. The molecule has 0 unspecified atom stereocenters. The number of aliphatic hydroxyl groups is 1. The highest BCUT2D eigenvalue weighted by atomic mass is 32.1. The van der Waals surface area contributed by atoms with Crippen LogP contribution in [0.4, 0.5) is 34.1 Å². The molecular formula is C104H130N6O19S4. The van der Waals surface area contributed by atoms with Crippen molar-refractivity contribution in [3.63, 3.8) is 0 Å². The first-order chi connectivity index (χ1) is 65.2. The lowest BCUT2D eigenvalue weighted by atomic mass is 10.1. The first-order valence-corrected chi connectivity index (χ1v) is 49.2. The molecule has 714 valence electrons. The molecule has 4 bridgehead atoms. The van der Waals surface area contributed by atoms with Crippen LogP contribution in [0.1, 0.15) is 59.8 Å². The number of esters is 1. The third-order valence-corrected chi connectivity index (χ3v) is 27.0. The van der Waals surface area contributed by atoms with Crippen LogP contribution in [0.2, 0.25) is 0 Å². The molecule has 133 heavy (non-hydrogen) atoms. The van der Waals surface area contributed by atoms with Crippen LogP contribution in [0.15, 0.2) is 170 Å². The summed E-state index contributed by atoms with van der Waals surface area (Å²) in [4.78, 5) is 34.4. The minimum absolute atomic E-state index is 0.0581. The maximum absolute atomic E-state index is 11.9. The maximum atomic E-state index is 11.9. The fourth-order valence-corrected chi connectivity index (χ4v) is 19.1. The second kappa shape index (κ2) is 54.5. The lowest BCUT2D eigenvalue weighted by Gasteiger charge is -2.30. The number of hydrogen-bond acceptors (Lipinski definition) is 29. The van der Waals surface area contributed by atoms with Gasteiger partial charge in [-0.05, 0) is 201 Å². The van der Waals surface area contributed by atoms with Crippen LogP contribution in [-0.4, -0.2) is 262 Å². The molecule has 1 N–H and O–H groups in total. The van der Waals surface area contributed by atoms with Gasteiger partial charge in [0.05, 0.1) is 186 Å². The van der Waals surface area contributed by atoms with E-state index in [1.165, 1.54) is 4.88 Å². The largest absolute Gasteiger partial charge is 0.490 e. The van der Waals surface area contributed by atoms with Crippen LogP contribution >= 0.6 is 45.3 Å². The molecule has 16 rings (SSSR count). The Labute approximate surface area is 800 Å². The average molecular weight is 1900 g/mol. The Balaban J connectivity index is 0.000000226. The van der Waals surface area contributed by atoms with Crippen molar-refractivity contribution in [3.8, 4) is 54.0 Å². The first-order valence-electron chi connectivity index (χ1n) is 46.0. The molecule has 6 aliphatic rings. The van der Waals surface area contributed by atoms with Crippen LogP contribution in [-0.2, 0) is 70.1 Å². The van der Waals surface area contributed by atoms with E-state index in [0.29, 0.717) is 243 Å². The number of ether oxygens (including phenoxy) is 17. The predicted molar refractivity (Wildman–Crippen MR) is 538 cm³/mol. The van der Waals surface area contributed by atoms with Gasteiger partial charge in [0.2, 0.25) is 0 Å². The summed E-state index contributed by atoms with van der Waals surface area (Å²) in [7, 11) is 3.36. The summed E-state index contributed by atoms with van der Waals surface area (Å²) < 4.78 is 105. The normalized spacial score (nSPS) is 16.5. The summed E-state index contributed by atoms with van der Waals surface area (Å²) in [6, 6.07) is 54.8. The van der Waals surface area contributed by atoms with Crippen LogP contribution in [0.25, 0.3) is 43.8 Å². The number of hydrogen-bond donors (Lipinski definition) is 1. The molecule has 29 heteroatoms. The molecule has 0 saturated carbocycles. The molecule has 4 aromatic heterocycles. The van der Waals surface area contributed by atoms with Crippen LogP contribution in [0.5, 0.6) is 34.5 Å². The maximum Gasteiger partial charge on any atom is 0.333 e. The Morgan fingerprint density at radius 3 is 0.932 bits per heavy atom. The monoisotopic (exact) mass is 1890 g/mol. The van der Waals surface area contributed by atoms with Crippen LogP contribution < -0.4 is 57.8 Å².